The first-order valence-corrected chi connectivity index (χ1v) is 6.12. The molecule has 0 saturated heterocycles. The molecular formula is C12H12BrN3O2. The number of aromatic nitrogens is 3. The summed E-state index contributed by atoms with van der Waals surface area (Å²) in [6.07, 6.45) is 1.69. The highest BCUT2D eigenvalue weighted by Crippen LogP contribution is 2.10. The number of methoxy groups -OCH3 is 1. The normalized spacial score (nSPS) is 10.4. The van der Waals surface area contributed by atoms with Crippen molar-refractivity contribution in [1.29, 1.82) is 0 Å². The van der Waals surface area contributed by atoms with Gasteiger partial charge in [0.15, 0.2) is 0 Å². The van der Waals surface area contributed by atoms with E-state index in [1.54, 1.807) is 13.1 Å². The quantitative estimate of drug-likeness (QED) is 0.867. The lowest BCUT2D eigenvalue weighted by Crippen LogP contribution is -2.23. The Labute approximate surface area is 113 Å². The van der Waals surface area contributed by atoms with E-state index in [2.05, 4.69) is 25.9 Å². The van der Waals surface area contributed by atoms with Gasteiger partial charge in [0.05, 0.1) is 19.3 Å². The fourth-order valence-electron chi connectivity index (χ4n) is 1.56. The third-order valence-electron chi connectivity index (χ3n) is 2.39. The highest BCUT2D eigenvalue weighted by molar-refractivity contribution is 9.10. The minimum atomic E-state index is -0.149. The minimum Gasteiger partial charge on any atom is -0.468 e. The van der Waals surface area contributed by atoms with Gasteiger partial charge in [-0.1, -0.05) is 0 Å². The topological polar surface area (TPSA) is 57.0 Å². The highest BCUT2D eigenvalue weighted by atomic mass is 79.9. The molecule has 0 aliphatic carbocycles. The summed E-state index contributed by atoms with van der Waals surface area (Å²) in [7, 11) is 1.49. The lowest BCUT2D eigenvalue weighted by atomic mass is 10.3. The molecule has 0 saturated carbocycles. The van der Waals surface area contributed by atoms with E-state index in [0.29, 0.717) is 18.2 Å². The Bertz CT molecular complexity index is 608. The Hall–Kier alpha value is -1.69. The van der Waals surface area contributed by atoms with Gasteiger partial charge >= 0.3 is 0 Å². The molecule has 0 N–H and O–H groups in total. The smallest absolute Gasteiger partial charge is 0.299 e. The first-order chi connectivity index (χ1) is 8.60. The molecule has 2 aromatic rings. The molecular weight excluding hydrogens is 298 g/mol. The molecule has 2 aromatic heterocycles. The van der Waals surface area contributed by atoms with Crippen LogP contribution in [0.1, 0.15) is 11.4 Å². The van der Waals surface area contributed by atoms with Crippen molar-refractivity contribution in [3.63, 3.8) is 0 Å². The average Bonchev–Trinajstić information content (AvgIpc) is 2.34. The number of hydrogen-bond donors (Lipinski definition) is 0. The lowest BCUT2D eigenvalue weighted by Gasteiger charge is -2.10. The van der Waals surface area contributed by atoms with Crippen LogP contribution < -0.4 is 10.3 Å². The lowest BCUT2D eigenvalue weighted by molar-refractivity contribution is 0.349. The number of halogens is 1. The number of rotatable bonds is 3. The van der Waals surface area contributed by atoms with Crippen molar-refractivity contribution in [2.75, 3.05) is 7.11 Å². The number of hydrogen-bond acceptors (Lipinski definition) is 4. The van der Waals surface area contributed by atoms with Crippen LogP contribution in [-0.4, -0.2) is 21.6 Å². The maximum absolute atomic E-state index is 11.9. The van der Waals surface area contributed by atoms with Crippen molar-refractivity contribution in [2.24, 2.45) is 0 Å². The van der Waals surface area contributed by atoms with Gasteiger partial charge in [-0.15, -0.1) is 0 Å². The van der Waals surface area contributed by atoms with E-state index in [1.165, 1.54) is 17.7 Å². The maximum atomic E-state index is 11.9. The van der Waals surface area contributed by atoms with E-state index in [0.717, 1.165) is 10.2 Å². The molecule has 0 aliphatic rings. The fourth-order valence-corrected chi connectivity index (χ4v) is 1.79. The van der Waals surface area contributed by atoms with Gasteiger partial charge in [0.25, 0.3) is 11.6 Å². The Kier molecular flexibility index (Phi) is 3.76. The van der Waals surface area contributed by atoms with Gasteiger partial charge in [-0.25, -0.2) is 4.98 Å². The first kappa shape index (κ1) is 12.8. The van der Waals surface area contributed by atoms with Crippen LogP contribution in [0.4, 0.5) is 0 Å². The summed E-state index contributed by atoms with van der Waals surface area (Å²) in [6, 6.07) is 5.49. The Morgan fingerprint density at radius 2 is 2.22 bits per heavy atom. The molecule has 0 aromatic carbocycles. The molecule has 0 spiro atoms. The molecule has 0 bridgehead atoms. The molecule has 0 unspecified atom stereocenters. The second-order valence-electron chi connectivity index (χ2n) is 3.78. The average molecular weight is 310 g/mol. The van der Waals surface area contributed by atoms with Crippen molar-refractivity contribution in [3.8, 4) is 6.01 Å². The Morgan fingerprint density at radius 3 is 2.83 bits per heavy atom. The van der Waals surface area contributed by atoms with E-state index < -0.39 is 0 Å². The molecule has 0 fully saturated rings. The number of pyridine rings is 1. The van der Waals surface area contributed by atoms with Crippen molar-refractivity contribution in [3.05, 3.63) is 50.6 Å². The zero-order valence-corrected chi connectivity index (χ0v) is 11.6. The molecule has 0 atom stereocenters. The van der Waals surface area contributed by atoms with Crippen LogP contribution in [0.3, 0.4) is 0 Å². The number of aryl methyl sites for hydroxylation is 1. The molecule has 2 heterocycles. The highest BCUT2D eigenvalue weighted by Gasteiger charge is 2.08. The summed E-state index contributed by atoms with van der Waals surface area (Å²) in [4.78, 5) is 20.3. The van der Waals surface area contributed by atoms with Crippen LogP contribution in [0.25, 0.3) is 0 Å². The maximum Gasteiger partial charge on any atom is 0.299 e. The van der Waals surface area contributed by atoms with Crippen LogP contribution >= 0.6 is 15.9 Å². The third kappa shape index (κ3) is 2.76. The van der Waals surface area contributed by atoms with E-state index in [9.17, 15) is 4.79 Å². The zero-order valence-electron chi connectivity index (χ0n) is 10.1. The van der Waals surface area contributed by atoms with E-state index in [-0.39, 0.29) is 5.56 Å². The van der Waals surface area contributed by atoms with Crippen LogP contribution in [-0.2, 0) is 6.54 Å². The molecule has 5 nitrogen and oxygen atoms in total. The predicted octanol–water partition coefficient (Wildman–Crippen LogP) is 1.77. The molecule has 6 heteroatoms. The summed E-state index contributed by atoms with van der Waals surface area (Å²) in [6.45, 7) is 2.09. The zero-order chi connectivity index (χ0) is 13.1. The largest absolute Gasteiger partial charge is 0.468 e. The first-order valence-electron chi connectivity index (χ1n) is 5.33. The predicted molar refractivity (Wildman–Crippen MR) is 70.8 cm³/mol. The molecule has 0 amide bonds. The summed E-state index contributed by atoms with van der Waals surface area (Å²) in [5.41, 5.74) is 1.25. The van der Waals surface area contributed by atoms with Crippen LogP contribution in [0, 0.1) is 6.92 Å². The molecule has 0 radical (unpaired) electrons. The summed E-state index contributed by atoms with van der Waals surface area (Å²) >= 11 is 3.31. The van der Waals surface area contributed by atoms with E-state index in [4.69, 9.17) is 4.74 Å². The van der Waals surface area contributed by atoms with Gasteiger partial charge in [0.2, 0.25) is 0 Å². The molecule has 18 heavy (non-hydrogen) atoms. The van der Waals surface area contributed by atoms with Gasteiger partial charge in [-0.05, 0) is 35.0 Å². The van der Waals surface area contributed by atoms with E-state index in [1.807, 2.05) is 12.1 Å². The van der Waals surface area contributed by atoms with Crippen LogP contribution in [0.15, 0.2) is 33.7 Å². The van der Waals surface area contributed by atoms with E-state index >= 15 is 0 Å². The van der Waals surface area contributed by atoms with Gasteiger partial charge in [-0.2, -0.15) is 0 Å². The van der Waals surface area contributed by atoms with Crippen molar-refractivity contribution < 1.29 is 4.74 Å². The van der Waals surface area contributed by atoms with Crippen LogP contribution in [0.2, 0.25) is 0 Å². The van der Waals surface area contributed by atoms with Gasteiger partial charge in [-0.3, -0.25) is 14.3 Å². The van der Waals surface area contributed by atoms with Crippen LogP contribution in [0.5, 0.6) is 6.01 Å². The monoisotopic (exact) mass is 309 g/mol. The van der Waals surface area contributed by atoms with Gasteiger partial charge in [0, 0.05) is 22.4 Å². The SMILES string of the molecule is COc1nc(C)cc(=O)n1Cc1ccc(Br)cn1. The summed E-state index contributed by atoms with van der Waals surface area (Å²) in [5.74, 6) is 0. The fraction of sp³-hybridized carbons (Fsp3) is 0.250. The summed E-state index contributed by atoms with van der Waals surface area (Å²) in [5, 5.41) is 0. The molecule has 0 aliphatic heterocycles. The number of nitrogens with zero attached hydrogens (tertiary/aromatic N) is 3. The Balaban J connectivity index is 2.39. The molecule has 94 valence electrons. The Morgan fingerprint density at radius 1 is 1.44 bits per heavy atom. The minimum absolute atomic E-state index is 0.149. The van der Waals surface area contributed by atoms with Crippen molar-refractivity contribution in [2.45, 2.75) is 13.5 Å². The standard InChI is InChI=1S/C12H12BrN3O2/c1-8-5-11(17)16(12(15-8)18-2)7-10-4-3-9(13)6-14-10/h3-6H,7H2,1-2H3. The molecule has 2 rings (SSSR count). The second-order valence-corrected chi connectivity index (χ2v) is 4.69. The number of ether oxygens (including phenoxy) is 1. The van der Waals surface area contributed by atoms with Gasteiger partial charge in [0.1, 0.15) is 0 Å². The van der Waals surface area contributed by atoms with Crippen molar-refractivity contribution >= 4 is 15.9 Å². The van der Waals surface area contributed by atoms with Gasteiger partial charge < -0.3 is 4.74 Å². The third-order valence-corrected chi connectivity index (χ3v) is 2.86. The van der Waals surface area contributed by atoms with Crippen molar-refractivity contribution in [1.82, 2.24) is 14.5 Å². The second kappa shape index (κ2) is 5.30. The summed E-state index contributed by atoms with van der Waals surface area (Å²) < 4.78 is 7.46.